The van der Waals surface area contributed by atoms with Crippen LogP contribution < -0.4 is 15.5 Å². The van der Waals surface area contributed by atoms with Crippen LogP contribution in [0.25, 0.3) is 0 Å². The van der Waals surface area contributed by atoms with Crippen LogP contribution in [0, 0.1) is 5.92 Å². The van der Waals surface area contributed by atoms with Gasteiger partial charge in [0.1, 0.15) is 5.92 Å². The number of hydrogen-bond donors (Lipinski definition) is 3. The molecule has 2 aromatic rings. The van der Waals surface area contributed by atoms with Gasteiger partial charge in [-0.3, -0.25) is 9.59 Å². The molecule has 0 fully saturated rings. The maximum absolute atomic E-state index is 12.2. The van der Waals surface area contributed by atoms with Crippen LogP contribution in [-0.4, -0.2) is 30.2 Å². The maximum Gasteiger partial charge on any atom is 0.252 e. The second-order valence-electron chi connectivity index (χ2n) is 5.48. The Balaban J connectivity index is 1.98. The normalized spacial score (nSPS) is 11.9. The zero-order chi connectivity index (χ0) is 20.0. The van der Waals surface area contributed by atoms with Crippen LogP contribution in [0.3, 0.4) is 0 Å². The zero-order valence-electron chi connectivity index (χ0n) is 14.5. The van der Waals surface area contributed by atoms with E-state index in [1.807, 2.05) is 6.07 Å². The van der Waals surface area contributed by atoms with Crippen molar-refractivity contribution in [3.8, 4) is 11.5 Å². The van der Waals surface area contributed by atoms with E-state index in [9.17, 15) is 14.7 Å². The Kier molecular flexibility index (Phi) is 7.37. The van der Waals surface area contributed by atoms with E-state index in [0.29, 0.717) is 15.7 Å². The molecule has 0 spiro atoms. The van der Waals surface area contributed by atoms with Gasteiger partial charge in [0, 0.05) is 4.47 Å². The van der Waals surface area contributed by atoms with E-state index in [1.54, 1.807) is 30.3 Å². The third-order valence-electron chi connectivity index (χ3n) is 3.58. The van der Waals surface area contributed by atoms with E-state index >= 15 is 0 Å². The highest BCUT2D eigenvalue weighted by molar-refractivity contribution is 9.11. The fourth-order valence-corrected chi connectivity index (χ4v) is 2.86. The van der Waals surface area contributed by atoms with E-state index in [2.05, 4.69) is 47.7 Å². The Hall–Kier alpha value is -2.39. The van der Waals surface area contributed by atoms with Crippen molar-refractivity contribution in [2.75, 3.05) is 12.4 Å². The van der Waals surface area contributed by atoms with Gasteiger partial charge in [0.15, 0.2) is 11.5 Å². The molecule has 2 rings (SSSR count). The summed E-state index contributed by atoms with van der Waals surface area (Å²) in [4.78, 5) is 24.3. The summed E-state index contributed by atoms with van der Waals surface area (Å²) in [5, 5.41) is 16.3. The summed E-state index contributed by atoms with van der Waals surface area (Å²) in [7, 11) is 1.43. The number of para-hydroxylation sites is 1. The van der Waals surface area contributed by atoms with Crippen molar-refractivity contribution < 1.29 is 19.4 Å². The molecule has 0 bridgehead atoms. The first kappa shape index (κ1) is 20.9. The highest BCUT2D eigenvalue weighted by Gasteiger charge is 2.21. The maximum atomic E-state index is 12.2. The molecule has 1 unspecified atom stereocenters. The van der Waals surface area contributed by atoms with Gasteiger partial charge in [-0.2, -0.15) is 5.10 Å². The number of phenols is 1. The van der Waals surface area contributed by atoms with Gasteiger partial charge in [0.05, 0.1) is 23.5 Å². The van der Waals surface area contributed by atoms with Gasteiger partial charge in [-0.25, -0.2) is 5.43 Å². The molecule has 0 aliphatic rings. The lowest BCUT2D eigenvalue weighted by Gasteiger charge is -2.11. The molecule has 0 aliphatic carbocycles. The lowest BCUT2D eigenvalue weighted by molar-refractivity contribution is -0.131. The highest BCUT2D eigenvalue weighted by atomic mass is 79.9. The summed E-state index contributed by atoms with van der Waals surface area (Å²) in [6.45, 7) is 1.48. The number of carbonyl (C=O) groups excluding carboxylic acids is 2. The summed E-state index contributed by atoms with van der Waals surface area (Å²) >= 11 is 6.53. The lowest BCUT2D eigenvalue weighted by atomic mass is 10.1. The number of phenolic OH excluding ortho intramolecular Hbond substituents is 1. The minimum atomic E-state index is -0.949. The second kappa shape index (κ2) is 9.52. The number of ether oxygens (including phenoxy) is 1. The predicted octanol–water partition coefficient (Wildman–Crippen LogP) is 3.65. The van der Waals surface area contributed by atoms with Crippen molar-refractivity contribution in [2.24, 2.45) is 11.0 Å². The number of halogens is 2. The number of hydrazone groups is 1. The number of nitrogens with one attached hydrogen (secondary N) is 2. The summed E-state index contributed by atoms with van der Waals surface area (Å²) in [5.41, 5.74) is 3.48. The van der Waals surface area contributed by atoms with Crippen molar-refractivity contribution in [2.45, 2.75) is 6.92 Å². The van der Waals surface area contributed by atoms with Crippen LogP contribution in [0.1, 0.15) is 12.5 Å². The molecular weight excluding hydrogens is 482 g/mol. The Morgan fingerprint density at radius 2 is 1.89 bits per heavy atom. The monoisotopic (exact) mass is 497 g/mol. The SMILES string of the molecule is COc1cc(/C=N/NC(=O)C(C)C(=O)Nc2ccccc2Br)cc(Br)c1O. The number of rotatable bonds is 6. The Bertz CT molecular complexity index is 887. The van der Waals surface area contributed by atoms with Crippen LogP contribution in [0.15, 0.2) is 50.4 Å². The summed E-state index contributed by atoms with van der Waals surface area (Å²) in [5.74, 6) is -1.73. The van der Waals surface area contributed by atoms with Crippen LogP contribution in [0.2, 0.25) is 0 Å². The average molecular weight is 499 g/mol. The molecule has 0 aliphatic heterocycles. The van der Waals surface area contributed by atoms with Gasteiger partial charge in [0.2, 0.25) is 5.91 Å². The van der Waals surface area contributed by atoms with Gasteiger partial charge in [-0.05, 0) is 68.6 Å². The quantitative estimate of drug-likeness (QED) is 0.321. The molecule has 0 radical (unpaired) electrons. The Morgan fingerprint density at radius 3 is 2.56 bits per heavy atom. The molecule has 3 N–H and O–H groups in total. The van der Waals surface area contributed by atoms with Crippen LogP contribution in [-0.2, 0) is 9.59 Å². The van der Waals surface area contributed by atoms with Gasteiger partial charge in [0.25, 0.3) is 5.91 Å². The number of aromatic hydroxyl groups is 1. The molecular formula is C18H17Br2N3O4. The summed E-state index contributed by atoms with van der Waals surface area (Å²) in [6.07, 6.45) is 1.38. The number of anilines is 1. The molecule has 2 aromatic carbocycles. The minimum Gasteiger partial charge on any atom is -0.503 e. The number of carbonyl (C=O) groups is 2. The van der Waals surface area contributed by atoms with Gasteiger partial charge in [-0.1, -0.05) is 12.1 Å². The third kappa shape index (κ3) is 5.54. The predicted molar refractivity (Wildman–Crippen MR) is 110 cm³/mol. The molecule has 0 saturated carbocycles. The molecule has 142 valence electrons. The first-order valence-corrected chi connectivity index (χ1v) is 9.37. The van der Waals surface area contributed by atoms with Crippen LogP contribution >= 0.6 is 31.9 Å². The second-order valence-corrected chi connectivity index (χ2v) is 7.19. The number of amides is 2. The summed E-state index contributed by atoms with van der Waals surface area (Å²) in [6, 6.07) is 10.3. The Morgan fingerprint density at radius 1 is 1.19 bits per heavy atom. The Labute approximate surface area is 173 Å². The van der Waals surface area contributed by atoms with E-state index in [0.717, 1.165) is 4.47 Å². The number of methoxy groups -OCH3 is 1. The smallest absolute Gasteiger partial charge is 0.252 e. The van der Waals surface area contributed by atoms with Crippen LogP contribution in [0.4, 0.5) is 5.69 Å². The van der Waals surface area contributed by atoms with Crippen molar-refractivity contribution in [3.63, 3.8) is 0 Å². The van der Waals surface area contributed by atoms with Crippen LogP contribution in [0.5, 0.6) is 11.5 Å². The lowest BCUT2D eigenvalue weighted by Crippen LogP contribution is -2.34. The van der Waals surface area contributed by atoms with E-state index < -0.39 is 17.7 Å². The van der Waals surface area contributed by atoms with E-state index in [-0.39, 0.29) is 11.5 Å². The average Bonchev–Trinajstić information content (AvgIpc) is 2.65. The fraction of sp³-hybridized carbons (Fsp3) is 0.167. The standard InChI is InChI=1S/C18H17Br2N3O4/c1-10(17(25)22-14-6-4-3-5-12(14)19)18(26)23-21-9-11-7-13(20)16(24)15(8-11)27-2/h3-10,24H,1-2H3,(H,22,25)(H,23,26)/b21-9+. The van der Waals surface area contributed by atoms with Crippen molar-refractivity contribution in [1.29, 1.82) is 0 Å². The van der Waals surface area contributed by atoms with Gasteiger partial charge < -0.3 is 15.2 Å². The minimum absolute atomic E-state index is 0.0314. The van der Waals surface area contributed by atoms with Gasteiger partial charge in [-0.15, -0.1) is 0 Å². The van der Waals surface area contributed by atoms with E-state index in [4.69, 9.17) is 4.74 Å². The summed E-state index contributed by atoms with van der Waals surface area (Å²) < 4.78 is 6.19. The molecule has 9 heteroatoms. The molecule has 27 heavy (non-hydrogen) atoms. The third-order valence-corrected chi connectivity index (χ3v) is 4.87. The number of hydrogen-bond acceptors (Lipinski definition) is 5. The topological polar surface area (TPSA) is 100 Å². The molecule has 2 amide bonds. The molecule has 0 aromatic heterocycles. The number of benzene rings is 2. The largest absolute Gasteiger partial charge is 0.503 e. The zero-order valence-corrected chi connectivity index (χ0v) is 17.7. The van der Waals surface area contributed by atoms with Crippen molar-refractivity contribution >= 4 is 55.6 Å². The first-order chi connectivity index (χ1) is 12.8. The van der Waals surface area contributed by atoms with Crippen molar-refractivity contribution in [1.82, 2.24) is 5.43 Å². The van der Waals surface area contributed by atoms with Gasteiger partial charge >= 0.3 is 0 Å². The van der Waals surface area contributed by atoms with E-state index in [1.165, 1.54) is 20.2 Å². The number of nitrogens with zero attached hydrogens (tertiary/aromatic N) is 1. The molecule has 0 heterocycles. The molecule has 1 atom stereocenters. The molecule has 7 nitrogen and oxygen atoms in total. The first-order valence-electron chi connectivity index (χ1n) is 7.78. The fourth-order valence-electron chi connectivity index (χ4n) is 2.01. The molecule has 0 saturated heterocycles. The van der Waals surface area contributed by atoms with Crippen molar-refractivity contribution in [3.05, 3.63) is 50.9 Å². The highest BCUT2D eigenvalue weighted by Crippen LogP contribution is 2.34.